The van der Waals surface area contributed by atoms with Gasteiger partial charge in [-0.05, 0) is 82.9 Å². The van der Waals surface area contributed by atoms with Crippen LogP contribution in [0.5, 0.6) is 11.5 Å². The van der Waals surface area contributed by atoms with Crippen LogP contribution in [0.4, 0.5) is 26.7 Å². The molecular weight excluding hydrogens is 765 g/mol. The van der Waals surface area contributed by atoms with Crippen molar-refractivity contribution < 1.29 is 70.0 Å². The van der Waals surface area contributed by atoms with Gasteiger partial charge in [-0.25, -0.2) is 9.59 Å². The number of methoxy groups -OCH3 is 1. The van der Waals surface area contributed by atoms with Gasteiger partial charge in [-0.2, -0.15) is 22.0 Å². The zero-order chi connectivity index (χ0) is 43.5. The monoisotopic (exact) mass is 817 g/mol. The molecule has 4 N–H and O–H groups in total. The van der Waals surface area contributed by atoms with E-state index in [2.05, 4.69) is 10.6 Å². The molecule has 57 heavy (non-hydrogen) atoms. The van der Waals surface area contributed by atoms with Gasteiger partial charge in [0.1, 0.15) is 47.4 Å². The molecule has 318 valence electrons. The number of aliphatic hydroxyl groups excluding tert-OH is 1. The third kappa shape index (κ3) is 16.6. The first-order chi connectivity index (χ1) is 26.1. The average molecular weight is 818 g/mol. The van der Waals surface area contributed by atoms with E-state index in [1.54, 1.807) is 53.7 Å². The Hall–Kier alpha value is -5.00. The molecule has 18 heteroatoms. The quantitative estimate of drug-likeness (QED) is 0.109. The van der Waals surface area contributed by atoms with E-state index in [0.717, 1.165) is 5.32 Å². The van der Waals surface area contributed by atoms with Gasteiger partial charge in [0.25, 0.3) is 5.91 Å². The average Bonchev–Trinajstić information content (AvgIpc) is 3.08. The summed E-state index contributed by atoms with van der Waals surface area (Å²) in [5, 5.41) is 16.8. The van der Waals surface area contributed by atoms with Gasteiger partial charge in [0.15, 0.2) is 12.4 Å². The smallest absolute Gasteiger partial charge is 0.408 e. The summed E-state index contributed by atoms with van der Waals surface area (Å²) in [6.45, 7) is 10.2. The number of Topliss-reactive ketones (excluding diaryl/α,β-unsaturated/α-hetero) is 1. The summed E-state index contributed by atoms with van der Waals surface area (Å²) < 4.78 is 89.3. The van der Waals surface area contributed by atoms with Gasteiger partial charge < -0.3 is 40.0 Å². The molecule has 0 heterocycles. The maximum absolute atomic E-state index is 15.1. The Balaban J connectivity index is 2.44. The van der Waals surface area contributed by atoms with Crippen LogP contribution in [0, 0.1) is 11.8 Å². The summed E-state index contributed by atoms with van der Waals surface area (Å²) in [6, 6.07) is 8.90. The molecule has 0 unspecified atom stereocenters. The van der Waals surface area contributed by atoms with Crippen LogP contribution in [-0.2, 0) is 35.1 Å². The first-order valence-corrected chi connectivity index (χ1v) is 17.9. The van der Waals surface area contributed by atoms with Crippen LogP contribution in [0.2, 0.25) is 0 Å². The van der Waals surface area contributed by atoms with E-state index in [0.29, 0.717) is 17.1 Å². The number of aliphatic hydroxyl groups is 1. The predicted octanol–water partition coefficient (Wildman–Crippen LogP) is 5.62. The summed E-state index contributed by atoms with van der Waals surface area (Å²) in [5.74, 6) is -11.5. The fraction of sp³-hybridized carbons (Fsp3) is 0.564. The van der Waals surface area contributed by atoms with Crippen LogP contribution in [-0.4, -0.2) is 90.5 Å². The molecule has 0 aliphatic heterocycles. The van der Waals surface area contributed by atoms with E-state index in [-0.39, 0.29) is 18.6 Å². The third-order valence-corrected chi connectivity index (χ3v) is 8.03. The predicted molar refractivity (Wildman–Crippen MR) is 196 cm³/mol. The third-order valence-electron chi connectivity index (χ3n) is 8.03. The Labute approximate surface area is 328 Å². The maximum atomic E-state index is 15.1. The molecule has 4 atom stereocenters. The van der Waals surface area contributed by atoms with E-state index >= 15 is 8.78 Å². The van der Waals surface area contributed by atoms with Crippen LogP contribution in [0.3, 0.4) is 0 Å². The molecule has 2 rings (SSSR count). The van der Waals surface area contributed by atoms with Gasteiger partial charge in [-0.15, -0.1) is 0 Å². The van der Waals surface area contributed by atoms with Crippen molar-refractivity contribution in [3.8, 4) is 11.5 Å². The van der Waals surface area contributed by atoms with Crippen LogP contribution < -0.4 is 25.4 Å². The molecular formula is C39H52F5N3O10. The number of ether oxygens (including phenoxy) is 4. The highest BCUT2D eigenvalue weighted by atomic mass is 19.4. The van der Waals surface area contributed by atoms with Crippen molar-refractivity contribution in [2.45, 2.75) is 110 Å². The molecule has 0 spiro atoms. The highest BCUT2D eigenvalue weighted by molar-refractivity contribution is 5.93. The Morgan fingerprint density at radius 3 is 1.81 bits per heavy atom. The summed E-state index contributed by atoms with van der Waals surface area (Å²) in [6.07, 6.45) is -9.94. The van der Waals surface area contributed by atoms with Gasteiger partial charge in [0.05, 0.1) is 7.11 Å². The van der Waals surface area contributed by atoms with E-state index in [4.69, 9.17) is 18.9 Å². The van der Waals surface area contributed by atoms with Crippen molar-refractivity contribution in [2.75, 3.05) is 20.3 Å². The largest absolute Gasteiger partial charge is 0.497 e. The summed E-state index contributed by atoms with van der Waals surface area (Å²) in [5.41, 5.74) is -1.07. The first kappa shape index (κ1) is 48.1. The number of hydrogen-bond donors (Lipinski definition) is 4. The van der Waals surface area contributed by atoms with Crippen molar-refractivity contribution in [3.63, 3.8) is 0 Å². The number of esters is 1. The normalized spacial score (nSPS) is 14.4. The minimum absolute atomic E-state index is 0.142. The number of carbonyl (C=O) groups is 5. The molecule has 0 radical (unpaired) electrons. The Kier molecular flexibility index (Phi) is 16.8. The number of alkyl carbamates (subject to hydrolysis) is 1. The number of carbonyl (C=O) groups excluding carboxylic acids is 5. The lowest BCUT2D eigenvalue weighted by molar-refractivity contribution is -0.178. The fourth-order valence-corrected chi connectivity index (χ4v) is 5.28. The molecule has 0 saturated carbocycles. The lowest BCUT2D eigenvalue weighted by atomic mass is 9.81. The zero-order valence-electron chi connectivity index (χ0n) is 33.3. The lowest BCUT2D eigenvalue weighted by Gasteiger charge is -2.32. The standard InChI is InChI=1S/C39H52F5N3O10/c1-22(2)27(32(50)39(43,44)34(52)45-21-38(40,41)42)19-29(48)31(24-12-16-25(54-9)17-13-24)47-33(51)28(46-35(53)57-37(6,7)8)18-23-10-14-26(15-11-23)55-20-30(49)56-36(3,4)5/h10-17,22,27-28,31-32,50H,18-21H2,1-9H3,(H,45,52)(H,46,53)(H,47,51)/t27-,28-,31-,32+/m0/s1. The Bertz CT molecular complexity index is 1670. The minimum atomic E-state index is -5.01. The van der Waals surface area contributed by atoms with Gasteiger partial charge >= 0.3 is 24.2 Å². The lowest BCUT2D eigenvalue weighted by Crippen LogP contribution is -2.54. The second-order valence-electron chi connectivity index (χ2n) is 15.6. The van der Waals surface area contributed by atoms with Gasteiger partial charge in [-0.1, -0.05) is 38.1 Å². The molecule has 0 aromatic heterocycles. The molecule has 2 aromatic carbocycles. The molecule has 0 saturated heterocycles. The number of ketones is 1. The molecule has 2 aromatic rings. The zero-order valence-corrected chi connectivity index (χ0v) is 33.3. The summed E-state index contributed by atoms with van der Waals surface area (Å²) in [7, 11) is 1.38. The number of nitrogens with one attached hydrogen (secondary N) is 3. The van der Waals surface area contributed by atoms with Crippen LogP contribution in [0.1, 0.15) is 79.0 Å². The topological polar surface area (TPSA) is 179 Å². The molecule has 0 aliphatic carbocycles. The number of benzene rings is 2. The first-order valence-electron chi connectivity index (χ1n) is 17.9. The van der Waals surface area contributed by atoms with E-state index in [1.165, 1.54) is 57.4 Å². The molecule has 3 amide bonds. The molecule has 0 bridgehead atoms. The van der Waals surface area contributed by atoms with Crippen LogP contribution in [0.15, 0.2) is 48.5 Å². The second-order valence-corrected chi connectivity index (χ2v) is 15.6. The second kappa shape index (κ2) is 19.9. The van der Waals surface area contributed by atoms with Crippen molar-refractivity contribution in [2.24, 2.45) is 11.8 Å². The van der Waals surface area contributed by atoms with Gasteiger partial charge in [0.2, 0.25) is 5.91 Å². The highest BCUT2D eigenvalue weighted by Crippen LogP contribution is 2.33. The minimum Gasteiger partial charge on any atom is -0.497 e. The Morgan fingerprint density at radius 2 is 1.32 bits per heavy atom. The highest BCUT2D eigenvalue weighted by Gasteiger charge is 2.52. The summed E-state index contributed by atoms with van der Waals surface area (Å²) >= 11 is 0. The number of amides is 3. The SMILES string of the molecule is COc1ccc([C@H](NC(=O)[C@H](Cc2ccc(OCC(=O)OC(C)(C)C)cc2)NC(=O)OC(C)(C)C)C(=O)C[C@@H](C(C)C)[C@@H](O)C(F)(F)C(=O)NCC(F)(F)F)cc1. The number of alkyl halides is 5. The maximum Gasteiger partial charge on any atom is 0.408 e. The van der Waals surface area contributed by atoms with E-state index < -0.39 is 96.0 Å². The van der Waals surface area contributed by atoms with Gasteiger partial charge in [-0.3, -0.25) is 14.4 Å². The molecule has 0 fully saturated rings. The Morgan fingerprint density at radius 1 is 0.772 bits per heavy atom. The fourth-order valence-electron chi connectivity index (χ4n) is 5.28. The number of rotatable bonds is 18. The molecule has 13 nitrogen and oxygen atoms in total. The van der Waals surface area contributed by atoms with Crippen molar-refractivity contribution in [3.05, 3.63) is 59.7 Å². The van der Waals surface area contributed by atoms with Crippen LogP contribution in [0.25, 0.3) is 0 Å². The van der Waals surface area contributed by atoms with E-state index in [1.807, 2.05) is 0 Å². The van der Waals surface area contributed by atoms with Gasteiger partial charge in [0, 0.05) is 18.8 Å². The number of halogens is 5. The van der Waals surface area contributed by atoms with Crippen LogP contribution >= 0.6 is 0 Å². The molecule has 0 aliphatic rings. The number of hydrogen-bond acceptors (Lipinski definition) is 10. The summed E-state index contributed by atoms with van der Waals surface area (Å²) in [4.78, 5) is 65.1. The van der Waals surface area contributed by atoms with Crippen molar-refractivity contribution >= 4 is 29.7 Å². The van der Waals surface area contributed by atoms with E-state index in [9.17, 15) is 42.3 Å². The van der Waals surface area contributed by atoms with Crippen molar-refractivity contribution in [1.82, 2.24) is 16.0 Å². The van der Waals surface area contributed by atoms with Crippen molar-refractivity contribution in [1.29, 1.82) is 0 Å².